The third kappa shape index (κ3) is 3.75. The van der Waals surface area contributed by atoms with Crippen LogP contribution in [0, 0.1) is 6.92 Å². The molecule has 0 saturated carbocycles. The molecule has 1 heterocycles. The molecule has 0 saturated heterocycles. The van der Waals surface area contributed by atoms with Crippen LogP contribution in [0.5, 0.6) is 5.75 Å². The largest absolute Gasteiger partial charge is 0.484 e. The van der Waals surface area contributed by atoms with Crippen molar-refractivity contribution in [2.75, 3.05) is 7.05 Å². The molecule has 0 spiro atoms. The first-order valence-corrected chi connectivity index (χ1v) is 7.08. The topological polar surface area (TPSA) is 34.4 Å². The number of halogens is 2. The molecular weight excluding hydrogens is 330 g/mol. The number of hydrogen-bond donors (Lipinski definition) is 1. The zero-order valence-electron chi connectivity index (χ0n) is 10.8. The summed E-state index contributed by atoms with van der Waals surface area (Å²) in [6, 6.07) is 7.52. The fourth-order valence-corrected chi connectivity index (χ4v) is 2.49. The summed E-state index contributed by atoms with van der Waals surface area (Å²) >= 11 is 9.44. The first kappa shape index (κ1) is 14.4. The Morgan fingerprint density at radius 2 is 2.16 bits per heavy atom. The Labute approximate surface area is 126 Å². The number of aryl methyl sites for hydroxylation is 1. The molecule has 0 bridgehead atoms. The Kier molecular flexibility index (Phi) is 4.91. The van der Waals surface area contributed by atoms with E-state index in [1.165, 1.54) is 0 Å². The maximum Gasteiger partial charge on any atom is 0.146 e. The molecule has 0 unspecified atom stereocenters. The molecule has 5 heteroatoms. The molecular formula is C14H15BrClNO2. The average molecular weight is 345 g/mol. The van der Waals surface area contributed by atoms with Crippen molar-refractivity contribution >= 4 is 27.5 Å². The molecule has 2 aromatic rings. The Balaban J connectivity index is 2.04. The average Bonchev–Trinajstić information content (AvgIpc) is 2.70. The van der Waals surface area contributed by atoms with Crippen LogP contribution in [0.15, 0.2) is 33.2 Å². The van der Waals surface area contributed by atoms with Crippen LogP contribution in [-0.2, 0) is 13.2 Å². The van der Waals surface area contributed by atoms with Crippen molar-refractivity contribution in [1.29, 1.82) is 0 Å². The molecule has 0 amide bonds. The SMILES string of the molecule is CNCc1cc(COc2ccc(Br)cc2Cl)oc1C. The van der Waals surface area contributed by atoms with E-state index in [0.717, 1.165) is 28.1 Å². The molecule has 19 heavy (non-hydrogen) atoms. The van der Waals surface area contributed by atoms with Crippen LogP contribution < -0.4 is 10.1 Å². The quantitative estimate of drug-likeness (QED) is 0.878. The third-order valence-corrected chi connectivity index (χ3v) is 3.49. The van der Waals surface area contributed by atoms with E-state index in [1.807, 2.05) is 32.2 Å². The highest BCUT2D eigenvalue weighted by Crippen LogP contribution is 2.28. The highest BCUT2D eigenvalue weighted by atomic mass is 79.9. The van der Waals surface area contributed by atoms with Crippen molar-refractivity contribution in [3.8, 4) is 5.75 Å². The molecule has 1 N–H and O–H groups in total. The van der Waals surface area contributed by atoms with Gasteiger partial charge in [-0.2, -0.15) is 0 Å². The Morgan fingerprint density at radius 1 is 1.37 bits per heavy atom. The van der Waals surface area contributed by atoms with Crippen LogP contribution in [0.4, 0.5) is 0 Å². The second-order valence-corrected chi connectivity index (χ2v) is 5.51. The Bertz CT molecular complexity index is 569. The molecule has 102 valence electrons. The van der Waals surface area contributed by atoms with Crippen molar-refractivity contribution in [3.63, 3.8) is 0 Å². The molecule has 1 aromatic heterocycles. The van der Waals surface area contributed by atoms with Gasteiger partial charge in [0, 0.05) is 16.6 Å². The van der Waals surface area contributed by atoms with E-state index in [2.05, 4.69) is 21.2 Å². The molecule has 0 radical (unpaired) electrons. The van der Waals surface area contributed by atoms with Gasteiger partial charge in [0.15, 0.2) is 0 Å². The van der Waals surface area contributed by atoms with Crippen LogP contribution >= 0.6 is 27.5 Å². The van der Waals surface area contributed by atoms with Gasteiger partial charge in [-0.1, -0.05) is 27.5 Å². The second-order valence-electron chi connectivity index (χ2n) is 4.19. The molecule has 1 aromatic carbocycles. The smallest absolute Gasteiger partial charge is 0.146 e. The summed E-state index contributed by atoms with van der Waals surface area (Å²) in [6.07, 6.45) is 0. The minimum atomic E-state index is 0.367. The van der Waals surface area contributed by atoms with Crippen LogP contribution in [-0.4, -0.2) is 7.05 Å². The molecule has 0 fully saturated rings. The van der Waals surface area contributed by atoms with Crippen molar-refractivity contribution in [2.45, 2.75) is 20.1 Å². The summed E-state index contributed by atoms with van der Waals surface area (Å²) < 4.78 is 12.2. The van der Waals surface area contributed by atoms with Gasteiger partial charge in [0.2, 0.25) is 0 Å². The zero-order valence-corrected chi connectivity index (χ0v) is 13.1. The summed E-state index contributed by atoms with van der Waals surface area (Å²) in [5.41, 5.74) is 1.14. The molecule has 0 aliphatic heterocycles. The van der Waals surface area contributed by atoms with Gasteiger partial charge in [0.05, 0.1) is 5.02 Å². The first-order valence-electron chi connectivity index (χ1n) is 5.91. The number of rotatable bonds is 5. The lowest BCUT2D eigenvalue weighted by atomic mass is 10.2. The summed E-state index contributed by atoms with van der Waals surface area (Å²) in [5.74, 6) is 2.35. The van der Waals surface area contributed by atoms with Gasteiger partial charge in [-0.25, -0.2) is 0 Å². The molecule has 0 aliphatic carbocycles. The third-order valence-electron chi connectivity index (χ3n) is 2.70. The maximum absolute atomic E-state index is 6.09. The van der Waals surface area contributed by atoms with E-state index in [4.69, 9.17) is 20.8 Å². The normalized spacial score (nSPS) is 10.7. The van der Waals surface area contributed by atoms with E-state index in [1.54, 1.807) is 6.07 Å². The van der Waals surface area contributed by atoms with Gasteiger partial charge in [-0.05, 0) is 38.2 Å². The first-order chi connectivity index (χ1) is 9.10. The van der Waals surface area contributed by atoms with Crippen molar-refractivity contribution in [1.82, 2.24) is 5.32 Å². The minimum Gasteiger partial charge on any atom is -0.484 e. The van der Waals surface area contributed by atoms with Crippen LogP contribution in [0.3, 0.4) is 0 Å². The number of benzene rings is 1. The molecule has 0 atom stereocenters. The Hall–Kier alpha value is -0.970. The van der Waals surface area contributed by atoms with Crippen LogP contribution in [0.25, 0.3) is 0 Å². The summed E-state index contributed by atoms with van der Waals surface area (Å²) in [6.45, 7) is 3.10. The fraction of sp³-hybridized carbons (Fsp3) is 0.286. The van der Waals surface area contributed by atoms with Gasteiger partial charge < -0.3 is 14.5 Å². The molecule has 0 aliphatic rings. The van der Waals surface area contributed by atoms with E-state index >= 15 is 0 Å². The summed E-state index contributed by atoms with van der Waals surface area (Å²) in [4.78, 5) is 0. The van der Waals surface area contributed by atoms with E-state index < -0.39 is 0 Å². The lowest BCUT2D eigenvalue weighted by Gasteiger charge is -2.06. The monoisotopic (exact) mass is 343 g/mol. The number of nitrogens with one attached hydrogen (secondary N) is 1. The number of furan rings is 1. The highest BCUT2D eigenvalue weighted by molar-refractivity contribution is 9.10. The van der Waals surface area contributed by atoms with Gasteiger partial charge in [-0.3, -0.25) is 0 Å². The highest BCUT2D eigenvalue weighted by Gasteiger charge is 2.08. The standard InChI is InChI=1S/C14H15BrClNO2/c1-9-10(7-17-2)5-12(19-9)8-18-14-4-3-11(15)6-13(14)16/h3-6,17H,7-8H2,1-2H3. The van der Waals surface area contributed by atoms with Crippen molar-refractivity contribution in [2.24, 2.45) is 0 Å². The van der Waals surface area contributed by atoms with Gasteiger partial charge >= 0.3 is 0 Å². The van der Waals surface area contributed by atoms with E-state index in [9.17, 15) is 0 Å². The number of hydrogen-bond acceptors (Lipinski definition) is 3. The zero-order chi connectivity index (χ0) is 13.8. The minimum absolute atomic E-state index is 0.367. The Morgan fingerprint density at radius 3 is 2.84 bits per heavy atom. The van der Waals surface area contributed by atoms with E-state index in [-0.39, 0.29) is 0 Å². The summed E-state index contributed by atoms with van der Waals surface area (Å²) in [5, 5.41) is 3.68. The lowest BCUT2D eigenvalue weighted by molar-refractivity contribution is 0.267. The number of ether oxygens (including phenoxy) is 1. The molecule has 3 nitrogen and oxygen atoms in total. The predicted octanol–water partition coefficient (Wildman–Crippen LogP) is 4.30. The second kappa shape index (κ2) is 6.46. The van der Waals surface area contributed by atoms with Gasteiger partial charge in [-0.15, -0.1) is 0 Å². The summed E-state index contributed by atoms with van der Waals surface area (Å²) in [7, 11) is 1.91. The maximum atomic E-state index is 6.09. The van der Waals surface area contributed by atoms with E-state index in [0.29, 0.717) is 17.4 Å². The van der Waals surface area contributed by atoms with Crippen LogP contribution in [0.1, 0.15) is 17.1 Å². The van der Waals surface area contributed by atoms with Crippen molar-refractivity contribution < 1.29 is 9.15 Å². The molecule has 2 rings (SSSR count). The fourth-order valence-electron chi connectivity index (χ4n) is 1.77. The lowest BCUT2D eigenvalue weighted by Crippen LogP contribution is -2.04. The van der Waals surface area contributed by atoms with Gasteiger partial charge in [0.25, 0.3) is 0 Å². The van der Waals surface area contributed by atoms with Gasteiger partial charge in [0.1, 0.15) is 23.9 Å². The predicted molar refractivity (Wildman–Crippen MR) is 79.7 cm³/mol. The van der Waals surface area contributed by atoms with Crippen LogP contribution in [0.2, 0.25) is 5.02 Å². The van der Waals surface area contributed by atoms with Crippen molar-refractivity contribution in [3.05, 3.63) is 50.8 Å².